The quantitative estimate of drug-likeness (QED) is 0.733. The summed E-state index contributed by atoms with van der Waals surface area (Å²) < 4.78 is 12.9. The van der Waals surface area contributed by atoms with Crippen molar-refractivity contribution in [3.05, 3.63) is 77.6 Å². The summed E-state index contributed by atoms with van der Waals surface area (Å²) in [5.74, 6) is -0.310. The molecule has 3 heteroatoms. The summed E-state index contributed by atoms with van der Waals surface area (Å²) in [6.07, 6.45) is 0.167. The van der Waals surface area contributed by atoms with Crippen LogP contribution in [-0.4, -0.2) is 10.9 Å². The van der Waals surface area contributed by atoms with Gasteiger partial charge in [-0.3, -0.25) is 4.79 Å². The Balaban J connectivity index is 1.98. The number of benzene rings is 3. The average Bonchev–Trinajstić information content (AvgIpc) is 2.48. The van der Waals surface area contributed by atoms with Gasteiger partial charge in [-0.1, -0.05) is 30.3 Å². The third-order valence-electron chi connectivity index (χ3n) is 3.49. The van der Waals surface area contributed by atoms with E-state index in [1.807, 2.05) is 24.3 Å². The third kappa shape index (κ3) is 2.63. The topological polar surface area (TPSA) is 37.3 Å². The van der Waals surface area contributed by atoms with Gasteiger partial charge in [0, 0.05) is 17.4 Å². The van der Waals surface area contributed by atoms with E-state index in [0.29, 0.717) is 10.9 Å². The highest BCUT2D eigenvalue weighted by atomic mass is 19.1. The number of carbonyl (C=O) groups is 1. The molecule has 0 atom stereocenters. The molecule has 0 aliphatic rings. The molecule has 0 aliphatic carbocycles. The number of phenolic OH excluding ortho intramolecular Hbond substituents is 1. The lowest BCUT2D eigenvalue weighted by Crippen LogP contribution is -2.04. The number of aromatic hydroxyl groups is 1. The van der Waals surface area contributed by atoms with Crippen molar-refractivity contribution >= 4 is 16.6 Å². The summed E-state index contributed by atoms with van der Waals surface area (Å²) in [4.78, 5) is 12.3. The van der Waals surface area contributed by atoms with Crippen LogP contribution in [0.2, 0.25) is 0 Å². The molecular weight excluding hydrogens is 267 g/mol. The number of phenols is 1. The van der Waals surface area contributed by atoms with Crippen LogP contribution in [0, 0.1) is 5.82 Å². The number of ketones is 1. The molecule has 3 rings (SSSR count). The summed E-state index contributed by atoms with van der Waals surface area (Å²) in [6, 6.07) is 16.3. The molecule has 0 radical (unpaired) electrons. The van der Waals surface area contributed by atoms with Gasteiger partial charge < -0.3 is 5.11 Å². The van der Waals surface area contributed by atoms with Crippen LogP contribution in [0.25, 0.3) is 10.8 Å². The van der Waals surface area contributed by atoms with Crippen molar-refractivity contribution in [2.45, 2.75) is 6.42 Å². The maximum atomic E-state index is 12.9. The lowest BCUT2D eigenvalue weighted by atomic mass is 9.97. The predicted molar refractivity (Wildman–Crippen MR) is 80.0 cm³/mol. The fourth-order valence-corrected chi connectivity index (χ4v) is 2.46. The van der Waals surface area contributed by atoms with E-state index in [1.165, 1.54) is 24.3 Å². The molecule has 3 aromatic rings. The van der Waals surface area contributed by atoms with Gasteiger partial charge in [-0.2, -0.15) is 0 Å². The van der Waals surface area contributed by atoms with E-state index >= 15 is 0 Å². The molecule has 0 unspecified atom stereocenters. The molecule has 0 bridgehead atoms. The molecule has 3 aromatic carbocycles. The van der Waals surface area contributed by atoms with E-state index < -0.39 is 0 Å². The van der Waals surface area contributed by atoms with Crippen LogP contribution in [0.4, 0.5) is 4.39 Å². The first-order valence-corrected chi connectivity index (χ1v) is 6.63. The Bertz CT molecular complexity index is 802. The van der Waals surface area contributed by atoms with Gasteiger partial charge in [-0.05, 0) is 41.3 Å². The highest BCUT2D eigenvalue weighted by Gasteiger charge is 2.11. The maximum Gasteiger partial charge on any atom is 0.167 e. The number of halogens is 1. The molecular formula is C18H13FO2. The Morgan fingerprint density at radius 3 is 2.33 bits per heavy atom. The number of hydrogen-bond donors (Lipinski definition) is 1. The number of rotatable bonds is 3. The Morgan fingerprint density at radius 1 is 0.952 bits per heavy atom. The van der Waals surface area contributed by atoms with Gasteiger partial charge in [-0.25, -0.2) is 4.39 Å². The summed E-state index contributed by atoms with van der Waals surface area (Å²) >= 11 is 0. The van der Waals surface area contributed by atoms with Gasteiger partial charge in [0.15, 0.2) is 5.78 Å². The molecule has 104 valence electrons. The van der Waals surface area contributed by atoms with Gasteiger partial charge >= 0.3 is 0 Å². The van der Waals surface area contributed by atoms with Crippen LogP contribution in [0.1, 0.15) is 15.9 Å². The number of carbonyl (C=O) groups excluding carboxylic acids is 1. The first kappa shape index (κ1) is 13.3. The van der Waals surface area contributed by atoms with Crippen molar-refractivity contribution < 1.29 is 14.3 Å². The second-order valence-electron chi connectivity index (χ2n) is 4.90. The molecule has 0 aromatic heterocycles. The lowest BCUT2D eigenvalue weighted by molar-refractivity contribution is 0.0993. The molecule has 1 N–H and O–H groups in total. The van der Waals surface area contributed by atoms with E-state index in [1.54, 1.807) is 12.1 Å². The van der Waals surface area contributed by atoms with E-state index in [9.17, 15) is 14.3 Å². The van der Waals surface area contributed by atoms with Gasteiger partial charge in [0.1, 0.15) is 11.6 Å². The summed E-state index contributed by atoms with van der Waals surface area (Å²) in [5, 5.41) is 11.6. The minimum atomic E-state index is -0.366. The summed E-state index contributed by atoms with van der Waals surface area (Å²) in [6.45, 7) is 0. The van der Waals surface area contributed by atoms with Crippen molar-refractivity contribution in [1.29, 1.82) is 0 Å². The molecule has 0 amide bonds. The molecule has 0 saturated heterocycles. The number of fused-ring (bicyclic) bond motifs is 1. The van der Waals surface area contributed by atoms with Crippen LogP contribution in [-0.2, 0) is 6.42 Å². The molecule has 0 heterocycles. The fourth-order valence-electron chi connectivity index (χ4n) is 2.46. The summed E-state index contributed by atoms with van der Waals surface area (Å²) in [5.41, 5.74) is 1.23. The van der Waals surface area contributed by atoms with Crippen molar-refractivity contribution in [1.82, 2.24) is 0 Å². The van der Waals surface area contributed by atoms with Gasteiger partial charge in [-0.15, -0.1) is 0 Å². The fraction of sp³-hybridized carbons (Fsp3) is 0.0556. The van der Waals surface area contributed by atoms with Crippen LogP contribution >= 0.6 is 0 Å². The Hall–Kier alpha value is -2.68. The SMILES string of the molecule is O=C(Cc1cccc2cccc(O)c12)c1ccc(F)cc1. The number of hydrogen-bond acceptors (Lipinski definition) is 2. The minimum Gasteiger partial charge on any atom is -0.507 e. The first-order chi connectivity index (χ1) is 10.1. The first-order valence-electron chi connectivity index (χ1n) is 6.63. The van der Waals surface area contributed by atoms with Gasteiger partial charge in [0.2, 0.25) is 0 Å². The van der Waals surface area contributed by atoms with E-state index in [2.05, 4.69) is 0 Å². The number of Topliss-reactive ketones (excluding diaryl/α,β-unsaturated/α-hetero) is 1. The zero-order chi connectivity index (χ0) is 14.8. The van der Waals surface area contributed by atoms with Crippen LogP contribution in [0.5, 0.6) is 5.75 Å². The molecule has 0 saturated carbocycles. The highest BCUT2D eigenvalue weighted by molar-refractivity contribution is 6.01. The molecule has 0 aliphatic heterocycles. The second kappa shape index (κ2) is 5.37. The predicted octanol–water partition coefficient (Wildman–Crippen LogP) is 4.11. The zero-order valence-electron chi connectivity index (χ0n) is 11.2. The lowest BCUT2D eigenvalue weighted by Gasteiger charge is -2.08. The van der Waals surface area contributed by atoms with Crippen LogP contribution < -0.4 is 0 Å². The van der Waals surface area contributed by atoms with Crippen LogP contribution in [0.15, 0.2) is 60.7 Å². The standard InChI is InChI=1S/C18H13FO2/c19-15-9-7-12(8-10-15)17(21)11-14-5-1-3-13-4-2-6-16(20)18(13)14/h1-10,20H,11H2. The van der Waals surface area contributed by atoms with Crippen molar-refractivity contribution in [2.75, 3.05) is 0 Å². The van der Waals surface area contributed by atoms with Crippen molar-refractivity contribution in [3.8, 4) is 5.75 Å². The zero-order valence-corrected chi connectivity index (χ0v) is 11.2. The average molecular weight is 280 g/mol. The van der Waals surface area contributed by atoms with Gasteiger partial charge in [0.25, 0.3) is 0 Å². The highest BCUT2D eigenvalue weighted by Crippen LogP contribution is 2.28. The molecule has 2 nitrogen and oxygen atoms in total. The largest absolute Gasteiger partial charge is 0.507 e. The summed E-state index contributed by atoms with van der Waals surface area (Å²) in [7, 11) is 0. The molecule has 0 fully saturated rings. The van der Waals surface area contributed by atoms with E-state index in [4.69, 9.17) is 0 Å². The van der Waals surface area contributed by atoms with E-state index in [-0.39, 0.29) is 23.8 Å². The monoisotopic (exact) mass is 280 g/mol. The van der Waals surface area contributed by atoms with Crippen molar-refractivity contribution in [3.63, 3.8) is 0 Å². The van der Waals surface area contributed by atoms with E-state index in [0.717, 1.165) is 10.9 Å². The van der Waals surface area contributed by atoms with Crippen LogP contribution in [0.3, 0.4) is 0 Å². The third-order valence-corrected chi connectivity index (χ3v) is 3.49. The molecule has 21 heavy (non-hydrogen) atoms. The Kier molecular flexibility index (Phi) is 3.40. The smallest absolute Gasteiger partial charge is 0.167 e. The van der Waals surface area contributed by atoms with Gasteiger partial charge in [0.05, 0.1) is 0 Å². The Labute approximate surface area is 121 Å². The molecule has 0 spiro atoms. The Morgan fingerprint density at radius 2 is 1.62 bits per heavy atom. The maximum absolute atomic E-state index is 12.9. The minimum absolute atomic E-state index is 0.106. The normalized spacial score (nSPS) is 10.7. The van der Waals surface area contributed by atoms with Crippen molar-refractivity contribution in [2.24, 2.45) is 0 Å². The second-order valence-corrected chi connectivity index (χ2v) is 4.90.